The van der Waals surface area contributed by atoms with E-state index in [2.05, 4.69) is 28.3 Å². The maximum absolute atomic E-state index is 6.03. The van der Waals surface area contributed by atoms with E-state index in [-0.39, 0.29) is 11.3 Å². The molecule has 0 amide bonds. The van der Waals surface area contributed by atoms with Gasteiger partial charge in [-0.15, -0.1) is 11.3 Å². The molecule has 0 aromatic carbocycles. The van der Waals surface area contributed by atoms with E-state index < -0.39 is 0 Å². The predicted octanol–water partition coefficient (Wildman–Crippen LogP) is 4.98. The third-order valence-corrected chi connectivity index (χ3v) is 4.65. The summed E-state index contributed by atoms with van der Waals surface area (Å²) >= 11 is 7.68. The first-order valence-electron chi connectivity index (χ1n) is 6.85. The van der Waals surface area contributed by atoms with Crippen molar-refractivity contribution < 1.29 is 4.42 Å². The molecule has 0 radical (unpaired) electrons. The summed E-state index contributed by atoms with van der Waals surface area (Å²) in [5.41, 5.74) is 0. The van der Waals surface area contributed by atoms with E-state index in [1.165, 1.54) is 4.88 Å². The van der Waals surface area contributed by atoms with Crippen LogP contribution in [0.25, 0.3) is 10.2 Å². The van der Waals surface area contributed by atoms with E-state index in [0.29, 0.717) is 0 Å². The lowest BCUT2D eigenvalue weighted by Crippen LogP contribution is -2.07. The van der Waals surface area contributed by atoms with Crippen molar-refractivity contribution >= 4 is 39.0 Å². The lowest BCUT2D eigenvalue weighted by molar-refractivity contribution is 0.466. The molecule has 1 atom stereocenters. The van der Waals surface area contributed by atoms with Gasteiger partial charge in [-0.25, -0.2) is 9.97 Å². The molecule has 0 saturated heterocycles. The van der Waals surface area contributed by atoms with Crippen LogP contribution in [0.2, 0.25) is 5.28 Å². The molecule has 1 N–H and O–H groups in total. The van der Waals surface area contributed by atoms with Crippen LogP contribution in [0.15, 0.2) is 22.6 Å². The third kappa shape index (κ3) is 2.89. The summed E-state index contributed by atoms with van der Waals surface area (Å²) in [6.45, 7) is 6.09. The van der Waals surface area contributed by atoms with Crippen molar-refractivity contribution in [3.05, 3.63) is 39.9 Å². The Balaban J connectivity index is 1.97. The summed E-state index contributed by atoms with van der Waals surface area (Å²) < 4.78 is 5.65. The summed E-state index contributed by atoms with van der Waals surface area (Å²) in [5, 5.41) is 4.64. The van der Waals surface area contributed by atoms with Crippen molar-refractivity contribution in [2.24, 2.45) is 0 Å². The third-order valence-electron chi connectivity index (χ3n) is 3.31. The zero-order chi connectivity index (χ0) is 15.0. The van der Waals surface area contributed by atoms with Crippen LogP contribution in [0.3, 0.4) is 0 Å². The van der Waals surface area contributed by atoms with Crippen LogP contribution >= 0.6 is 22.9 Å². The second kappa shape index (κ2) is 5.66. The number of fused-ring (bicyclic) bond motifs is 1. The van der Waals surface area contributed by atoms with Crippen LogP contribution in [0.5, 0.6) is 0 Å². The Kier molecular flexibility index (Phi) is 3.87. The number of rotatable bonds is 4. The lowest BCUT2D eigenvalue weighted by atomic mass is 10.2. The molecular weight excluding hydrogens is 306 g/mol. The largest absolute Gasteiger partial charge is 0.464 e. The number of aromatic nitrogens is 2. The van der Waals surface area contributed by atoms with Gasteiger partial charge in [0.2, 0.25) is 5.28 Å². The second-order valence-corrected chi connectivity index (χ2v) is 6.39. The molecule has 1 unspecified atom stereocenters. The molecule has 0 aliphatic heterocycles. The molecule has 3 aromatic heterocycles. The van der Waals surface area contributed by atoms with Crippen molar-refractivity contribution in [1.82, 2.24) is 9.97 Å². The average molecular weight is 322 g/mol. The van der Waals surface area contributed by atoms with Crippen LogP contribution in [-0.2, 0) is 6.42 Å². The average Bonchev–Trinajstić information content (AvgIpc) is 3.04. The minimum Gasteiger partial charge on any atom is -0.464 e. The maximum atomic E-state index is 6.03. The van der Waals surface area contributed by atoms with Gasteiger partial charge in [-0.05, 0) is 50.1 Å². The van der Waals surface area contributed by atoms with Gasteiger partial charge in [-0.3, -0.25) is 0 Å². The van der Waals surface area contributed by atoms with E-state index in [1.54, 1.807) is 11.3 Å². The van der Waals surface area contributed by atoms with Crippen molar-refractivity contribution in [3.8, 4) is 0 Å². The summed E-state index contributed by atoms with van der Waals surface area (Å²) in [5.74, 6) is 2.53. The number of anilines is 1. The standard InChI is InChI=1S/C15H16ClN3OS/c1-4-10-7-11-13(18-15(16)19-14(11)21-10)17-9(3)12-6-5-8(2)20-12/h5-7,9H,4H2,1-3H3,(H,17,18,19). The molecule has 0 spiro atoms. The molecule has 0 bridgehead atoms. The molecular formula is C15H16ClN3OS. The van der Waals surface area contributed by atoms with Gasteiger partial charge < -0.3 is 9.73 Å². The predicted molar refractivity (Wildman–Crippen MR) is 87.3 cm³/mol. The van der Waals surface area contributed by atoms with E-state index in [0.717, 1.165) is 34.0 Å². The molecule has 3 rings (SSSR count). The summed E-state index contributed by atoms with van der Waals surface area (Å²) in [6, 6.07) is 6.06. The molecule has 0 fully saturated rings. The van der Waals surface area contributed by atoms with Crippen molar-refractivity contribution in [2.45, 2.75) is 33.2 Å². The van der Waals surface area contributed by atoms with Crippen LogP contribution in [0.4, 0.5) is 5.82 Å². The molecule has 0 saturated carbocycles. The topological polar surface area (TPSA) is 51.0 Å². The number of aryl methyl sites for hydroxylation is 2. The van der Waals surface area contributed by atoms with Crippen molar-refractivity contribution in [1.29, 1.82) is 0 Å². The fraction of sp³-hybridized carbons (Fsp3) is 0.333. The Hall–Kier alpha value is -1.59. The minimum absolute atomic E-state index is 0.0119. The molecule has 0 aliphatic rings. The maximum Gasteiger partial charge on any atom is 0.225 e. The van der Waals surface area contributed by atoms with Gasteiger partial charge in [0.1, 0.15) is 22.2 Å². The normalized spacial score (nSPS) is 12.8. The highest BCUT2D eigenvalue weighted by molar-refractivity contribution is 7.18. The van der Waals surface area contributed by atoms with Gasteiger partial charge in [-0.2, -0.15) is 0 Å². The zero-order valence-electron chi connectivity index (χ0n) is 12.1. The molecule has 0 aliphatic carbocycles. The van der Waals surface area contributed by atoms with Gasteiger partial charge in [0.05, 0.1) is 11.4 Å². The van der Waals surface area contributed by atoms with Gasteiger partial charge in [0, 0.05) is 4.88 Å². The fourth-order valence-corrected chi connectivity index (χ4v) is 3.38. The van der Waals surface area contributed by atoms with Crippen molar-refractivity contribution in [2.75, 3.05) is 5.32 Å². The summed E-state index contributed by atoms with van der Waals surface area (Å²) in [6.07, 6.45) is 0.977. The van der Waals surface area contributed by atoms with E-state index in [4.69, 9.17) is 16.0 Å². The fourth-order valence-electron chi connectivity index (χ4n) is 2.19. The quantitative estimate of drug-likeness (QED) is 0.688. The highest BCUT2D eigenvalue weighted by atomic mass is 35.5. The first-order valence-corrected chi connectivity index (χ1v) is 8.05. The summed E-state index contributed by atoms with van der Waals surface area (Å²) in [4.78, 5) is 10.8. The smallest absolute Gasteiger partial charge is 0.225 e. The van der Waals surface area contributed by atoms with E-state index >= 15 is 0 Å². The van der Waals surface area contributed by atoms with Crippen LogP contribution in [-0.4, -0.2) is 9.97 Å². The molecule has 3 heterocycles. The monoisotopic (exact) mass is 321 g/mol. The van der Waals surface area contributed by atoms with Gasteiger partial charge in [0.25, 0.3) is 0 Å². The Bertz CT molecular complexity index is 780. The first-order chi connectivity index (χ1) is 10.1. The number of nitrogens with one attached hydrogen (secondary N) is 1. The van der Waals surface area contributed by atoms with Crippen LogP contribution < -0.4 is 5.32 Å². The molecule has 6 heteroatoms. The SMILES string of the molecule is CCc1cc2c(NC(C)c3ccc(C)o3)nc(Cl)nc2s1. The molecule has 3 aromatic rings. The lowest BCUT2D eigenvalue weighted by Gasteiger charge is -2.13. The number of halogens is 1. The van der Waals surface area contributed by atoms with E-state index in [9.17, 15) is 0 Å². The molecule has 4 nitrogen and oxygen atoms in total. The van der Waals surface area contributed by atoms with Crippen molar-refractivity contribution in [3.63, 3.8) is 0 Å². The number of nitrogens with zero attached hydrogens (tertiary/aromatic N) is 2. The Morgan fingerprint density at radius 2 is 2.19 bits per heavy atom. The molecule has 21 heavy (non-hydrogen) atoms. The van der Waals surface area contributed by atoms with Gasteiger partial charge in [-0.1, -0.05) is 6.92 Å². The van der Waals surface area contributed by atoms with Gasteiger partial charge >= 0.3 is 0 Å². The highest BCUT2D eigenvalue weighted by Crippen LogP contribution is 2.32. The zero-order valence-corrected chi connectivity index (χ0v) is 13.7. The number of thiophene rings is 1. The van der Waals surface area contributed by atoms with Crippen LogP contribution in [0, 0.1) is 6.92 Å². The number of furan rings is 1. The Labute approximate surface area is 132 Å². The summed E-state index contributed by atoms with van der Waals surface area (Å²) in [7, 11) is 0. The highest BCUT2D eigenvalue weighted by Gasteiger charge is 2.15. The number of hydrogen-bond donors (Lipinski definition) is 1. The van der Waals surface area contributed by atoms with Gasteiger partial charge in [0.15, 0.2) is 0 Å². The van der Waals surface area contributed by atoms with E-state index in [1.807, 2.05) is 26.0 Å². The minimum atomic E-state index is 0.0119. The first kappa shape index (κ1) is 14.4. The second-order valence-electron chi connectivity index (χ2n) is 4.94. The Morgan fingerprint density at radius 3 is 2.86 bits per heavy atom. The Morgan fingerprint density at radius 1 is 1.38 bits per heavy atom. The number of hydrogen-bond acceptors (Lipinski definition) is 5. The van der Waals surface area contributed by atoms with Crippen LogP contribution in [0.1, 0.15) is 36.3 Å². The molecule has 110 valence electrons.